The van der Waals surface area contributed by atoms with Crippen molar-refractivity contribution in [1.29, 1.82) is 0 Å². The third kappa shape index (κ3) is 4.43. The molecule has 2 N–H and O–H groups in total. The Balaban J connectivity index is 1.75. The van der Waals surface area contributed by atoms with Crippen LogP contribution in [0.3, 0.4) is 0 Å². The molecule has 1 saturated carbocycles. The number of fused-ring (bicyclic) bond motifs is 1. The van der Waals surface area contributed by atoms with Gasteiger partial charge in [0.25, 0.3) is 0 Å². The fraction of sp³-hybridized carbons (Fsp3) is 0.407. The predicted octanol–water partition coefficient (Wildman–Crippen LogP) is 6.66. The van der Waals surface area contributed by atoms with E-state index >= 15 is 0 Å². The zero-order valence-electron chi connectivity index (χ0n) is 19.2. The molecule has 1 aliphatic carbocycles. The molecule has 1 atom stereocenters. The second-order valence-electron chi connectivity index (χ2n) is 9.90. The highest BCUT2D eigenvalue weighted by Crippen LogP contribution is 2.43. The molecule has 1 fully saturated rings. The lowest BCUT2D eigenvalue weighted by molar-refractivity contribution is 0.0698. The summed E-state index contributed by atoms with van der Waals surface area (Å²) in [6.45, 7) is 8.51. The van der Waals surface area contributed by atoms with E-state index in [0.717, 1.165) is 42.6 Å². The number of nitrogens with one attached hydrogen (secondary N) is 1. The Morgan fingerprint density at radius 3 is 2.53 bits per heavy atom. The maximum Gasteiger partial charge on any atom is 0.337 e. The van der Waals surface area contributed by atoms with E-state index in [4.69, 9.17) is 4.42 Å². The summed E-state index contributed by atoms with van der Waals surface area (Å²) in [7, 11) is 0. The second kappa shape index (κ2) is 8.45. The van der Waals surface area contributed by atoms with Crippen molar-refractivity contribution in [3.8, 4) is 0 Å². The number of rotatable bonds is 5. The zero-order valence-corrected chi connectivity index (χ0v) is 19.2. The lowest BCUT2D eigenvalue weighted by Gasteiger charge is -2.33. The molecule has 4 rings (SSSR count). The summed E-state index contributed by atoms with van der Waals surface area (Å²) in [6, 6.07) is 12.2. The summed E-state index contributed by atoms with van der Waals surface area (Å²) in [4.78, 5) is 24.7. The number of carboxylic acid groups (broad SMARTS) is 1. The topological polar surface area (TPSA) is 79.5 Å². The number of aryl methyl sites for hydroxylation is 1. The molecule has 1 aliphatic rings. The molecule has 0 spiro atoms. The molecule has 1 heterocycles. The van der Waals surface area contributed by atoms with Crippen molar-refractivity contribution in [3.63, 3.8) is 0 Å². The van der Waals surface area contributed by atoms with Crippen LogP contribution in [0.5, 0.6) is 0 Å². The number of benzene rings is 2. The highest BCUT2D eigenvalue weighted by atomic mass is 16.4. The summed E-state index contributed by atoms with van der Waals surface area (Å²) in [6.07, 6.45) is 4.26. The van der Waals surface area contributed by atoms with Crippen LogP contribution in [0.4, 0.5) is 5.69 Å². The van der Waals surface area contributed by atoms with E-state index in [1.54, 1.807) is 30.3 Å². The molecule has 0 aliphatic heterocycles. The number of carbonyl (C=O) groups is 1. The normalized spacial score (nSPS) is 17.2. The first kappa shape index (κ1) is 22.1. The van der Waals surface area contributed by atoms with Crippen LogP contribution in [0.2, 0.25) is 0 Å². The van der Waals surface area contributed by atoms with Gasteiger partial charge >= 0.3 is 5.97 Å². The monoisotopic (exact) mass is 433 g/mol. The van der Waals surface area contributed by atoms with Crippen molar-refractivity contribution in [2.75, 3.05) is 5.32 Å². The molecule has 2 aromatic carbocycles. The van der Waals surface area contributed by atoms with Crippen LogP contribution in [0.25, 0.3) is 11.0 Å². The van der Waals surface area contributed by atoms with E-state index in [0.29, 0.717) is 22.1 Å². The minimum Gasteiger partial charge on any atom is -0.478 e. The Bertz CT molecular complexity index is 1210. The van der Waals surface area contributed by atoms with E-state index in [-0.39, 0.29) is 23.0 Å². The molecular weight excluding hydrogens is 402 g/mol. The van der Waals surface area contributed by atoms with Crippen molar-refractivity contribution in [2.45, 2.75) is 65.3 Å². The van der Waals surface area contributed by atoms with Gasteiger partial charge in [0.15, 0.2) is 5.43 Å². The third-order valence-corrected chi connectivity index (χ3v) is 6.76. The van der Waals surface area contributed by atoms with Gasteiger partial charge in [-0.05, 0) is 68.7 Å². The number of anilines is 1. The maximum atomic E-state index is 13.0. The van der Waals surface area contributed by atoms with Gasteiger partial charge in [-0.15, -0.1) is 0 Å². The van der Waals surface area contributed by atoms with Crippen molar-refractivity contribution in [2.24, 2.45) is 5.41 Å². The molecule has 0 amide bonds. The van der Waals surface area contributed by atoms with Crippen LogP contribution >= 0.6 is 0 Å². The van der Waals surface area contributed by atoms with E-state index in [1.807, 2.05) is 26.0 Å². The van der Waals surface area contributed by atoms with Crippen LogP contribution in [-0.2, 0) is 0 Å². The summed E-state index contributed by atoms with van der Waals surface area (Å²) in [5.41, 5.74) is 3.48. The molecule has 5 nitrogen and oxygen atoms in total. The number of carboxylic acids is 1. The fourth-order valence-corrected chi connectivity index (χ4v) is 4.77. The van der Waals surface area contributed by atoms with Gasteiger partial charge in [-0.1, -0.05) is 32.0 Å². The Kier molecular flexibility index (Phi) is 5.85. The quantitative estimate of drug-likeness (QED) is 0.470. The first-order chi connectivity index (χ1) is 15.1. The molecule has 1 unspecified atom stereocenters. The van der Waals surface area contributed by atoms with Gasteiger partial charge in [0.05, 0.1) is 17.0 Å². The Morgan fingerprint density at radius 2 is 1.84 bits per heavy atom. The molecule has 32 heavy (non-hydrogen) atoms. The molecule has 5 heteroatoms. The van der Waals surface area contributed by atoms with E-state index in [2.05, 4.69) is 19.2 Å². The lowest BCUT2D eigenvalue weighted by atomic mass is 9.72. The number of para-hydroxylation sites is 1. The SMILES string of the molecule is Cc1cc(C(C)Nc2ccccc2C(=O)O)c2oc(C3CCC(C)(C)CC3)cc(=O)c2c1. The molecule has 3 aromatic rings. The van der Waals surface area contributed by atoms with Crippen LogP contribution in [0, 0.1) is 12.3 Å². The predicted molar refractivity (Wildman–Crippen MR) is 128 cm³/mol. The molecule has 168 valence electrons. The van der Waals surface area contributed by atoms with Crippen molar-refractivity contribution >= 4 is 22.6 Å². The average molecular weight is 434 g/mol. The Hall–Kier alpha value is -3.08. The second-order valence-corrected chi connectivity index (χ2v) is 9.90. The molecular formula is C27H31NO4. The van der Waals surface area contributed by atoms with Crippen LogP contribution < -0.4 is 10.7 Å². The first-order valence-corrected chi connectivity index (χ1v) is 11.3. The van der Waals surface area contributed by atoms with Gasteiger partial charge in [0.2, 0.25) is 0 Å². The number of hydrogen-bond acceptors (Lipinski definition) is 4. The summed E-state index contributed by atoms with van der Waals surface area (Å²) in [5, 5.41) is 13.4. The number of hydrogen-bond donors (Lipinski definition) is 2. The third-order valence-electron chi connectivity index (χ3n) is 6.76. The summed E-state index contributed by atoms with van der Waals surface area (Å²) >= 11 is 0. The van der Waals surface area contributed by atoms with E-state index in [1.165, 1.54) is 0 Å². The first-order valence-electron chi connectivity index (χ1n) is 11.3. The Labute approximate surface area is 188 Å². The van der Waals surface area contributed by atoms with Gasteiger partial charge in [-0.3, -0.25) is 4.79 Å². The molecule has 1 aromatic heterocycles. The largest absolute Gasteiger partial charge is 0.478 e. The smallest absolute Gasteiger partial charge is 0.337 e. The van der Waals surface area contributed by atoms with Gasteiger partial charge in [0.1, 0.15) is 11.3 Å². The lowest BCUT2D eigenvalue weighted by Crippen LogP contribution is -2.21. The molecule has 0 bridgehead atoms. The standard InChI is InChI=1S/C27H31NO4/c1-16-13-20(17(2)28-22-8-6-5-7-19(22)26(30)31)25-21(14-16)23(29)15-24(32-25)18-9-11-27(3,4)12-10-18/h5-8,13-15,17-18,28H,9-12H2,1-4H3,(H,30,31). The summed E-state index contributed by atoms with van der Waals surface area (Å²) in [5.74, 6) is 0.0370. The average Bonchev–Trinajstić information content (AvgIpc) is 2.74. The van der Waals surface area contributed by atoms with Crippen molar-refractivity contribution in [1.82, 2.24) is 0 Å². The Morgan fingerprint density at radius 1 is 1.16 bits per heavy atom. The summed E-state index contributed by atoms with van der Waals surface area (Å²) < 4.78 is 6.42. The van der Waals surface area contributed by atoms with Crippen molar-refractivity contribution in [3.05, 3.63) is 75.1 Å². The minimum absolute atomic E-state index is 0.0193. The molecule has 0 radical (unpaired) electrons. The zero-order chi connectivity index (χ0) is 23.0. The van der Waals surface area contributed by atoms with Crippen LogP contribution in [0.1, 0.15) is 85.7 Å². The maximum absolute atomic E-state index is 13.0. The highest BCUT2D eigenvalue weighted by Gasteiger charge is 2.29. The van der Waals surface area contributed by atoms with E-state index in [9.17, 15) is 14.7 Å². The highest BCUT2D eigenvalue weighted by molar-refractivity contribution is 5.94. The fourth-order valence-electron chi connectivity index (χ4n) is 4.77. The molecule has 0 saturated heterocycles. The van der Waals surface area contributed by atoms with Gasteiger partial charge < -0.3 is 14.8 Å². The van der Waals surface area contributed by atoms with Crippen molar-refractivity contribution < 1.29 is 14.3 Å². The number of aromatic carboxylic acids is 1. The van der Waals surface area contributed by atoms with Gasteiger partial charge in [-0.25, -0.2) is 4.79 Å². The van der Waals surface area contributed by atoms with Gasteiger partial charge in [0, 0.05) is 23.2 Å². The van der Waals surface area contributed by atoms with Gasteiger partial charge in [-0.2, -0.15) is 0 Å². The van der Waals surface area contributed by atoms with Crippen LogP contribution in [-0.4, -0.2) is 11.1 Å². The minimum atomic E-state index is -0.983. The van der Waals surface area contributed by atoms with E-state index < -0.39 is 5.97 Å². The van der Waals surface area contributed by atoms with Crippen LogP contribution in [0.15, 0.2) is 51.7 Å².